The van der Waals surface area contributed by atoms with Crippen molar-refractivity contribution in [1.82, 2.24) is 9.88 Å². The van der Waals surface area contributed by atoms with Gasteiger partial charge in [0.15, 0.2) is 0 Å². The second-order valence-electron chi connectivity index (χ2n) is 3.82. The Hall–Kier alpha value is -1.49. The van der Waals surface area contributed by atoms with Gasteiger partial charge < -0.3 is 16.0 Å². The zero-order valence-electron chi connectivity index (χ0n) is 10.2. The number of nitrogen functional groups attached to an aromatic ring is 1. The van der Waals surface area contributed by atoms with Crippen LogP contribution in [0.25, 0.3) is 0 Å². The molecule has 0 fully saturated rings. The number of likely N-dealkylation sites (N-methyl/N-ethyl adjacent to an activating group) is 1. The molecule has 94 valence electrons. The van der Waals surface area contributed by atoms with Gasteiger partial charge in [-0.2, -0.15) is 0 Å². The first kappa shape index (κ1) is 13.6. The third-order valence-corrected chi connectivity index (χ3v) is 2.72. The van der Waals surface area contributed by atoms with E-state index in [1.165, 1.54) is 6.20 Å². The summed E-state index contributed by atoms with van der Waals surface area (Å²) in [6.07, 6.45) is 1.49. The largest absolute Gasteiger partial charge is 0.397 e. The molecule has 6 heteroatoms. The fraction of sp³-hybridized carbons (Fsp3) is 0.455. The van der Waals surface area contributed by atoms with E-state index >= 15 is 0 Å². The Balaban J connectivity index is 2.74. The number of pyridine rings is 1. The van der Waals surface area contributed by atoms with Gasteiger partial charge in [-0.3, -0.25) is 4.79 Å². The van der Waals surface area contributed by atoms with Crippen molar-refractivity contribution in [3.63, 3.8) is 0 Å². The van der Waals surface area contributed by atoms with Crippen LogP contribution in [-0.4, -0.2) is 35.4 Å². The fourth-order valence-corrected chi connectivity index (χ4v) is 1.54. The van der Waals surface area contributed by atoms with Gasteiger partial charge in [-0.05, 0) is 19.9 Å². The molecule has 0 aromatic carbocycles. The van der Waals surface area contributed by atoms with E-state index < -0.39 is 0 Å². The molecule has 1 heterocycles. The van der Waals surface area contributed by atoms with Crippen LogP contribution in [-0.2, 0) is 4.79 Å². The number of nitrogens with one attached hydrogen (secondary N) is 1. The van der Waals surface area contributed by atoms with Crippen molar-refractivity contribution < 1.29 is 4.79 Å². The summed E-state index contributed by atoms with van der Waals surface area (Å²) < 4.78 is 0. The Bertz CT molecular complexity index is 410. The zero-order chi connectivity index (χ0) is 13.0. The number of nitrogens with two attached hydrogens (primary N) is 1. The molecule has 0 aliphatic carbocycles. The Labute approximate surface area is 106 Å². The second kappa shape index (κ2) is 5.72. The number of hydrogen-bond donors (Lipinski definition) is 2. The quantitative estimate of drug-likeness (QED) is 0.858. The smallest absolute Gasteiger partial charge is 0.244 e. The fourth-order valence-electron chi connectivity index (χ4n) is 1.31. The van der Waals surface area contributed by atoms with Gasteiger partial charge in [0.05, 0.1) is 16.9 Å². The molecule has 0 bridgehead atoms. The number of carbonyl (C=O) groups excluding carboxylic acids is 1. The molecule has 1 rings (SSSR count). The molecule has 0 aliphatic rings. The number of rotatable bonds is 4. The highest BCUT2D eigenvalue weighted by molar-refractivity contribution is 6.33. The predicted molar refractivity (Wildman–Crippen MR) is 70.1 cm³/mol. The van der Waals surface area contributed by atoms with Crippen molar-refractivity contribution in [2.75, 3.05) is 24.6 Å². The first-order valence-corrected chi connectivity index (χ1v) is 5.76. The maximum Gasteiger partial charge on any atom is 0.244 e. The van der Waals surface area contributed by atoms with Crippen LogP contribution in [0.2, 0.25) is 5.02 Å². The minimum absolute atomic E-state index is 0.0119. The lowest BCUT2D eigenvalue weighted by Gasteiger charge is -2.21. The van der Waals surface area contributed by atoms with Crippen molar-refractivity contribution in [3.05, 3.63) is 17.3 Å². The first-order chi connectivity index (χ1) is 7.95. The van der Waals surface area contributed by atoms with Gasteiger partial charge in [0.2, 0.25) is 5.91 Å². The topological polar surface area (TPSA) is 71.2 Å². The van der Waals surface area contributed by atoms with Gasteiger partial charge in [-0.15, -0.1) is 0 Å². The summed E-state index contributed by atoms with van der Waals surface area (Å²) >= 11 is 5.96. The summed E-state index contributed by atoms with van der Waals surface area (Å²) in [6, 6.07) is 1.21. The predicted octanol–water partition coefficient (Wildman–Crippen LogP) is 1.60. The zero-order valence-corrected chi connectivity index (χ0v) is 11.0. The highest BCUT2D eigenvalue weighted by Crippen LogP contribution is 2.21. The normalized spacial score (nSPS) is 12.0. The third kappa shape index (κ3) is 3.49. The molecule has 1 atom stereocenters. The standard InChI is InChI=1S/C11H17ClN4O/c1-4-16(3)11(17)7(2)15-10-9(12)5-8(13)6-14-10/h5-7H,4,13H2,1-3H3,(H,14,15). The Morgan fingerprint density at radius 2 is 2.35 bits per heavy atom. The van der Waals surface area contributed by atoms with Crippen LogP contribution in [0.1, 0.15) is 13.8 Å². The Kier molecular flexibility index (Phi) is 4.57. The minimum atomic E-state index is -0.381. The number of hydrogen-bond acceptors (Lipinski definition) is 4. The van der Waals surface area contributed by atoms with Gasteiger partial charge in [-0.1, -0.05) is 11.6 Å². The molecule has 0 saturated heterocycles. The van der Waals surface area contributed by atoms with Gasteiger partial charge in [-0.25, -0.2) is 4.98 Å². The van der Waals surface area contributed by atoms with Gasteiger partial charge in [0.25, 0.3) is 0 Å². The van der Waals surface area contributed by atoms with Crippen molar-refractivity contribution >= 4 is 29.0 Å². The van der Waals surface area contributed by atoms with E-state index in [2.05, 4.69) is 10.3 Å². The number of nitrogens with zero attached hydrogens (tertiary/aromatic N) is 2. The third-order valence-electron chi connectivity index (χ3n) is 2.44. The number of carbonyl (C=O) groups is 1. The van der Waals surface area contributed by atoms with Crippen LogP contribution in [0.4, 0.5) is 11.5 Å². The van der Waals surface area contributed by atoms with Crippen LogP contribution in [0.15, 0.2) is 12.3 Å². The first-order valence-electron chi connectivity index (χ1n) is 5.38. The molecule has 0 radical (unpaired) electrons. The molecule has 0 aliphatic heterocycles. The lowest BCUT2D eigenvalue weighted by molar-refractivity contribution is -0.130. The summed E-state index contributed by atoms with van der Waals surface area (Å²) in [6.45, 7) is 4.34. The minimum Gasteiger partial charge on any atom is -0.397 e. The van der Waals surface area contributed by atoms with Crippen LogP contribution in [0.3, 0.4) is 0 Å². The molecule has 1 amide bonds. The van der Waals surface area contributed by atoms with Gasteiger partial charge in [0, 0.05) is 13.6 Å². The summed E-state index contributed by atoms with van der Waals surface area (Å²) in [4.78, 5) is 17.5. The molecule has 5 nitrogen and oxygen atoms in total. The average molecular weight is 257 g/mol. The molecular weight excluding hydrogens is 240 g/mol. The number of amides is 1. The van der Waals surface area contributed by atoms with E-state index in [0.717, 1.165) is 0 Å². The lowest BCUT2D eigenvalue weighted by Crippen LogP contribution is -2.39. The lowest BCUT2D eigenvalue weighted by atomic mass is 10.3. The van der Waals surface area contributed by atoms with Crippen molar-refractivity contribution in [3.8, 4) is 0 Å². The maximum absolute atomic E-state index is 11.8. The molecule has 17 heavy (non-hydrogen) atoms. The van der Waals surface area contributed by atoms with Crippen LogP contribution >= 0.6 is 11.6 Å². The average Bonchev–Trinajstić information content (AvgIpc) is 2.30. The second-order valence-corrected chi connectivity index (χ2v) is 4.22. The van der Waals surface area contributed by atoms with E-state index in [9.17, 15) is 4.79 Å². The number of anilines is 2. The summed E-state index contributed by atoms with van der Waals surface area (Å²) in [5, 5.41) is 3.37. The Morgan fingerprint density at radius 1 is 1.71 bits per heavy atom. The molecule has 1 aromatic rings. The van der Waals surface area contributed by atoms with Crippen molar-refractivity contribution in [1.29, 1.82) is 0 Å². The van der Waals surface area contributed by atoms with E-state index in [1.807, 2.05) is 6.92 Å². The van der Waals surface area contributed by atoms with Crippen LogP contribution in [0, 0.1) is 0 Å². The maximum atomic E-state index is 11.8. The summed E-state index contributed by atoms with van der Waals surface area (Å²) in [5.41, 5.74) is 6.03. The SMILES string of the molecule is CCN(C)C(=O)C(C)Nc1ncc(N)cc1Cl. The van der Waals surface area contributed by atoms with E-state index in [0.29, 0.717) is 23.1 Å². The molecule has 3 N–H and O–H groups in total. The molecule has 0 spiro atoms. The summed E-state index contributed by atoms with van der Waals surface area (Å²) in [7, 11) is 1.75. The van der Waals surface area contributed by atoms with E-state index in [1.54, 1.807) is 24.9 Å². The molecular formula is C11H17ClN4O. The Morgan fingerprint density at radius 3 is 2.88 bits per heavy atom. The van der Waals surface area contributed by atoms with Crippen molar-refractivity contribution in [2.24, 2.45) is 0 Å². The highest BCUT2D eigenvalue weighted by atomic mass is 35.5. The highest BCUT2D eigenvalue weighted by Gasteiger charge is 2.17. The van der Waals surface area contributed by atoms with E-state index in [-0.39, 0.29) is 11.9 Å². The van der Waals surface area contributed by atoms with Gasteiger partial charge in [0.1, 0.15) is 11.9 Å². The van der Waals surface area contributed by atoms with Crippen LogP contribution < -0.4 is 11.1 Å². The number of aromatic nitrogens is 1. The number of halogens is 1. The molecule has 1 unspecified atom stereocenters. The molecule has 1 aromatic heterocycles. The monoisotopic (exact) mass is 256 g/mol. The van der Waals surface area contributed by atoms with Gasteiger partial charge >= 0.3 is 0 Å². The van der Waals surface area contributed by atoms with E-state index in [4.69, 9.17) is 17.3 Å². The van der Waals surface area contributed by atoms with Crippen molar-refractivity contribution in [2.45, 2.75) is 19.9 Å². The van der Waals surface area contributed by atoms with Crippen LogP contribution in [0.5, 0.6) is 0 Å². The summed E-state index contributed by atoms with van der Waals surface area (Å²) in [5.74, 6) is 0.452. The molecule has 0 saturated carbocycles.